The molecular weight excluding hydrogens is 246 g/mol. The number of aliphatic carboxylic acids is 1. The van der Waals surface area contributed by atoms with Gasteiger partial charge in [0.25, 0.3) is 0 Å². The van der Waals surface area contributed by atoms with Crippen molar-refractivity contribution in [2.45, 2.75) is 51.7 Å². The maximum atomic E-state index is 12.6. The van der Waals surface area contributed by atoms with Crippen molar-refractivity contribution >= 4 is 11.9 Å². The van der Waals surface area contributed by atoms with Gasteiger partial charge in [-0.1, -0.05) is 13.8 Å². The largest absolute Gasteiger partial charge is 0.550 e. The van der Waals surface area contributed by atoms with E-state index >= 15 is 0 Å². The fraction of sp³-hybridized carbons (Fsp3) is 0.857. The van der Waals surface area contributed by atoms with Crippen LogP contribution in [-0.2, 0) is 14.3 Å². The molecule has 0 aliphatic carbocycles. The smallest absolute Gasteiger partial charge is 0.229 e. The minimum absolute atomic E-state index is 0.0647. The molecule has 1 amide bonds. The molecule has 2 aliphatic rings. The van der Waals surface area contributed by atoms with Crippen LogP contribution in [0.15, 0.2) is 0 Å². The molecule has 4 atom stereocenters. The van der Waals surface area contributed by atoms with Crippen molar-refractivity contribution in [3.05, 3.63) is 0 Å². The second-order valence-electron chi connectivity index (χ2n) is 5.49. The Balaban J connectivity index is 2.13. The summed E-state index contributed by atoms with van der Waals surface area (Å²) in [6.45, 7) is 5.40. The summed E-state index contributed by atoms with van der Waals surface area (Å²) < 4.78 is 5.62. The first-order valence-electron chi connectivity index (χ1n) is 7.25. The van der Waals surface area contributed by atoms with E-state index in [9.17, 15) is 14.7 Å². The highest BCUT2D eigenvalue weighted by molar-refractivity contribution is 5.86. The van der Waals surface area contributed by atoms with E-state index in [-0.39, 0.29) is 18.1 Å². The van der Waals surface area contributed by atoms with Gasteiger partial charge in [0.05, 0.1) is 18.1 Å². The highest BCUT2D eigenvalue weighted by atomic mass is 16.5. The van der Waals surface area contributed by atoms with Crippen molar-refractivity contribution in [1.29, 1.82) is 0 Å². The summed E-state index contributed by atoms with van der Waals surface area (Å²) in [6.07, 6.45) is 2.73. The highest BCUT2D eigenvalue weighted by Gasteiger charge is 2.53. The number of amides is 1. The van der Waals surface area contributed by atoms with Gasteiger partial charge in [0, 0.05) is 25.0 Å². The fourth-order valence-electron chi connectivity index (χ4n) is 3.37. The van der Waals surface area contributed by atoms with E-state index in [1.807, 2.05) is 13.8 Å². The van der Waals surface area contributed by atoms with E-state index < -0.39 is 17.8 Å². The molecule has 0 unspecified atom stereocenters. The van der Waals surface area contributed by atoms with Crippen LogP contribution in [0.5, 0.6) is 0 Å². The van der Waals surface area contributed by atoms with E-state index in [2.05, 4.69) is 0 Å². The Labute approximate surface area is 113 Å². The standard InChI is InChI=1S/C14H23NO4/c1-3-7-15(8-4-2)13(16)11-9-5-6-10(19-9)12(11)14(17)18/h9-12H,3-8H2,1-2H3,(H,17,18)/p-1/t9-,10+,11-,12-/m0/s1. The van der Waals surface area contributed by atoms with Gasteiger partial charge in [-0.3, -0.25) is 4.79 Å². The minimum Gasteiger partial charge on any atom is -0.550 e. The van der Waals surface area contributed by atoms with Gasteiger partial charge in [-0.15, -0.1) is 0 Å². The Morgan fingerprint density at radius 2 is 1.63 bits per heavy atom. The lowest BCUT2D eigenvalue weighted by Crippen LogP contribution is -2.49. The number of rotatable bonds is 6. The SMILES string of the molecule is CCCN(CCC)C(=O)[C@@H]1[C@@H](C(=O)[O-])[C@H]2CC[C@@H]1O2. The Bertz CT molecular complexity index is 351. The maximum Gasteiger partial charge on any atom is 0.229 e. The van der Waals surface area contributed by atoms with Gasteiger partial charge in [-0.05, 0) is 25.7 Å². The third-order valence-electron chi connectivity index (χ3n) is 4.13. The number of hydrogen-bond donors (Lipinski definition) is 0. The molecule has 5 heteroatoms. The predicted molar refractivity (Wildman–Crippen MR) is 67.0 cm³/mol. The highest BCUT2D eigenvalue weighted by Crippen LogP contribution is 2.44. The summed E-state index contributed by atoms with van der Waals surface area (Å²) in [4.78, 5) is 25.7. The normalized spacial score (nSPS) is 32.5. The molecule has 5 nitrogen and oxygen atoms in total. The molecule has 0 aromatic carbocycles. The summed E-state index contributed by atoms with van der Waals surface area (Å²) in [5.41, 5.74) is 0. The van der Waals surface area contributed by atoms with Gasteiger partial charge < -0.3 is 19.5 Å². The molecule has 108 valence electrons. The lowest BCUT2D eigenvalue weighted by molar-refractivity contribution is -0.314. The number of carboxylic acids is 1. The molecular formula is C14H22NO4-. The predicted octanol–water partition coefficient (Wildman–Crippen LogP) is 0.179. The van der Waals surface area contributed by atoms with E-state index in [1.165, 1.54) is 0 Å². The second kappa shape index (κ2) is 5.90. The number of fused-ring (bicyclic) bond motifs is 2. The van der Waals surface area contributed by atoms with Gasteiger partial charge in [0.15, 0.2) is 0 Å². The maximum absolute atomic E-state index is 12.6. The third-order valence-corrected chi connectivity index (χ3v) is 4.13. The molecule has 2 aliphatic heterocycles. The van der Waals surface area contributed by atoms with Crippen molar-refractivity contribution in [3.63, 3.8) is 0 Å². The molecule has 2 fully saturated rings. The number of carboxylic acid groups (broad SMARTS) is 1. The molecule has 2 bridgehead atoms. The molecule has 0 spiro atoms. The number of hydrogen-bond acceptors (Lipinski definition) is 4. The Kier molecular flexibility index (Phi) is 4.45. The van der Waals surface area contributed by atoms with Gasteiger partial charge in [-0.2, -0.15) is 0 Å². The molecule has 0 aromatic heterocycles. The van der Waals surface area contributed by atoms with Crippen LogP contribution in [0.25, 0.3) is 0 Å². The summed E-state index contributed by atoms with van der Waals surface area (Å²) in [6, 6.07) is 0. The first-order valence-corrected chi connectivity index (χ1v) is 7.25. The molecule has 2 rings (SSSR count). The lowest BCUT2D eigenvalue weighted by Gasteiger charge is -2.32. The van der Waals surface area contributed by atoms with Crippen molar-refractivity contribution in [2.24, 2.45) is 11.8 Å². The Morgan fingerprint density at radius 1 is 1.11 bits per heavy atom. The van der Waals surface area contributed by atoms with Crippen LogP contribution in [0, 0.1) is 11.8 Å². The number of ether oxygens (including phenoxy) is 1. The van der Waals surface area contributed by atoms with E-state index in [1.54, 1.807) is 4.90 Å². The number of carbonyl (C=O) groups excluding carboxylic acids is 2. The molecule has 0 aromatic rings. The molecule has 2 saturated heterocycles. The zero-order valence-electron chi connectivity index (χ0n) is 11.6. The molecule has 19 heavy (non-hydrogen) atoms. The van der Waals surface area contributed by atoms with Crippen LogP contribution in [0.4, 0.5) is 0 Å². The van der Waals surface area contributed by atoms with Crippen LogP contribution in [0.3, 0.4) is 0 Å². The van der Waals surface area contributed by atoms with E-state index in [4.69, 9.17) is 4.74 Å². The zero-order valence-corrected chi connectivity index (χ0v) is 11.6. The number of nitrogens with zero attached hydrogens (tertiary/aromatic N) is 1. The molecule has 0 radical (unpaired) electrons. The average molecular weight is 268 g/mol. The van der Waals surface area contributed by atoms with E-state index in [0.717, 1.165) is 25.7 Å². The van der Waals surface area contributed by atoms with Gasteiger partial charge in [0.2, 0.25) is 5.91 Å². The first kappa shape index (κ1) is 14.3. The average Bonchev–Trinajstić information content (AvgIpc) is 2.97. The second-order valence-corrected chi connectivity index (χ2v) is 5.49. The van der Waals surface area contributed by atoms with Crippen LogP contribution >= 0.6 is 0 Å². The summed E-state index contributed by atoms with van der Waals surface area (Å²) >= 11 is 0. The third kappa shape index (κ3) is 2.61. The zero-order chi connectivity index (χ0) is 14.0. The summed E-state index contributed by atoms with van der Waals surface area (Å²) in [7, 11) is 0. The van der Waals surface area contributed by atoms with Crippen molar-refractivity contribution in [3.8, 4) is 0 Å². The topological polar surface area (TPSA) is 69.7 Å². The molecule has 0 N–H and O–H groups in total. The first-order chi connectivity index (χ1) is 9.10. The van der Waals surface area contributed by atoms with Gasteiger partial charge in [-0.25, -0.2) is 0 Å². The summed E-state index contributed by atoms with van der Waals surface area (Å²) in [5.74, 6) is -2.51. The number of carbonyl (C=O) groups is 2. The van der Waals surface area contributed by atoms with E-state index in [0.29, 0.717) is 13.1 Å². The molecule has 2 heterocycles. The van der Waals surface area contributed by atoms with Crippen LogP contribution < -0.4 is 5.11 Å². The van der Waals surface area contributed by atoms with Crippen molar-refractivity contribution in [1.82, 2.24) is 4.90 Å². The van der Waals surface area contributed by atoms with Crippen LogP contribution in [0.1, 0.15) is 39.5 Å². The fourth-order valence-corrected chi connectivity index (χ4v) is 3.37. The quantitative estimate of drug-likeness (QED) is 0.689. The van der Waals surface area contributed by atoms with Gasteiger partial charge in [0.1, 0.15) is 0 Å². The van der Waals surface area contributed by atoms with Crippen LogP contribution in [-0.4, -0.2) is 42.1 Å². The van der Waals surface area contributed by atoms with Gasteiger partial charge >= 0.3 is 0 Å². The van der Waals surface area contributed by atoms with Crippen molar-refractivity contribution < 1.29 is 19.4 Å². The monoisotopic (exact) mass is 268 g/mol. The molecule has 0 saturated carbocycles. The lowest BCUT2D eigenvalue weighted by atomic mass is 9.78. The van der Waals surface area contributed by atoms with Crippen molar-refractivity contribution in [2.75, 3.05) is 13.1 Å². The minimum atomic E-state index is -1.14. The Morgan fingerprint density at radius 3 is 2.11 bits per heavy atom. The Hall–Kier alpha value is -1.10. The summed E-state index contributed by atoms with van der Waals surface area (Å²) in [5, 5.41) is 11.3. The van der Waals surface area contributed by atoms with Crippen LogP contribution in [0.2, 0.25) is 0 Å².